The maximum Gasteiger partial charge on any atom is 0.516 e. The van der Waals surface area contributed by atoms with Crippen LogP contribution in [0.4, 0.5) is 18.9 Å². The van der Waals surface area contributed by atoms with Gasteiger partial charge in [0.05, 0.1) is 0 Å². The molecule has 0 saturated heterocycles. The fourth-order valence-electron chi connectivity index (χ4n) is 2.50. The summed E-state index contributed by atoms with van der Waals surface area (Å²) in [5, 5.41) is 0. The Morgan fingerprint density at radius 1 is 1.04 bits per heavy atom. The van der Waals surface area contributed by atoms with Gasteiger partial charge in [0.2, 0.25) is 0 Å². The van der Waals surface area contributed by atoms with Crippen LogP contribution < -0.4 is 10.5 Å². The van der Waals surface area contributed by atoms with Crippen LogP contribution in [-0.4, -0.2) is 20.0 Å². The summed E-state index contributed by atoms with van der Waals surface area (Å²) in [6.07, 6.45) is 0.952. The Kier molecular flexibility index (Phi) is 5.36. The van der Waals surface area contributed by atoms with Crippen molar-refractivity contribution < 1.29 is 21.6 Å². The molecule has 25 heavy (non-hydrogen) atoms. The minimum Gasteiger partial charge on any atom is -0.327 e. The monoisotopic (exact) mass is 392 g/mol. The molecule has 0 radical (unpaired) electrons. The highest BCUT2D eigenvalue weighted by Crippen LogP contribution is 2.39. The van der Waals surface area contributed by atoms with E-state index in [-0.39, 0.29) is 24.1 Å². The SMILES string of the molecule is Cl.NC1CC1c1ccc(-c2cccc(NS(=O)(=O)C(F)(F)F)c2)cc1. The van der Waals surface area contributed by atoms with E-state index in [2.05, 4.69) is 0 Å². The van der Waals surface area contributed by atoms with Crippen LogP contribution in [0.3, 0.4) is 0 Å². The lowest BCUT2D eigenvalue weighted by molar-refractivity contribution is -0.0429. The van der Waals surface area contributed by atoms with Crippen molar-refractivity contribution in [1.82, 2.24) is 0 Å². The molecular formula is C16H16ClF3N2O2S. The quantitative estimate of drug-likeness (QED) is 0.830. The summed E-state index contributed by atoms with van der Waals surface area (Å²) in [6.45, 7) is 0. The molecule has 136 valence electrons. The Bertz CT molecular complexity index is 854. The highest BCUT2D eigenvalue weighted by Gasteiger charge is 2.46. The Morgan fingerprint density at radius 2 is 1.64 bits per heavy atom. The van der Waals surface area contributed by atoms with Gasteiger partial charge in [0.15, 0.2) is 0 Å². The van der Waals surface area contributed by atoms with Gasteiger partial charge in [-0.05, 0) is 35.2 Å². The normalized spacial score (nSPS) is 19.8. The van der Waals surface area contributed by atoms with Crippen molar-refractivity contribution >= 4 is 28.1 Å². The van der Waals surface area contributed by atoms with Crippen LogP contribution in [0, 0.1) is 0 Å². The summed E-state index contributed by atoms with van der Waals surface area (Å²) in [7, 11) is -5.43. The molecule has 0 aliphatic heterocycles. The summed E-state index contributed by atoms with van der Waals surface area (Å²) >= 11 is 0. The first-order valence-electron chi connectivity index (χ1n) is 7.22. The molecule has 0 heterocycles. The molecule has 0 spiro atoms. The molecule has 4 nitrogen and oxygen atoms in total. The van der Waals surface area contributed by atoms with Crippen LogP contribution in [0.5, 0.6) is 0 Å². The maximum absolute atomic E-state index is 12.4. The second-order valence-electron chi connectivity index (χ2n) is 5.76. The summed E-state index contributed by atoms with van der Waals surface area (Å²) in [5.74, 6) is 0.365. The lowest BCUT2D eigenvalue weighted by Gasteiger charge is -2.11. The number of halogens is 4. The fraction of sp³-hybridized carbons (Fsp3) is 0.250. The number of anilines is 1. The van der Waals surface area contributed by atoms with Gasteiger partial charge >= 0.3 is 15.5 Å². The van der Waals surface area contributed by atoms with E-state index in [0.29, 0.717) is 11.5 Å². The van der Waals surface area contributed by atoms with Gasteiger partial charge in [-0.2, -0.15) is 21.6 Å². The molecule has 2 aromatic rings. The van der Waals surface area contributed by atoms with E-state index < -0.39 is 15.5 Å². The Morgan fingerprint density at radius 3 is 2.16 bits per heavy atom. The van der Waals surface area contributed by atoms with Gasteiger partial charge in [-0.3, -0.25) is 4.72 Å². The summed E-state index contributed by atoms with van der Waals surface area (Å²) in [4.78, 5) is 0. The van der Waals surface area contributed by atoms with E-state index in [0.717, 1.165) is 17.5 Å². The smallest absolute Gasteiger partial charge is 0.327 e. The lowest BCUT2D eigenvalue weighted by Crippen LogP contribution is -2.29. The second kappa shape index (κ2) is 6.86. The van der Waals surface area contributed by atoms with Crippen molar-refractivity contribution in [2.24, 2.45) is 5.73 Å². The molecule has 2 aromatic carbocycles. The van der Waals surface area contributed by atoms with Crippen LogP contribution in [-0.2, 0) is 10.0 Å². The zero-order valence-electron chi connectivity index (χ0n) is 12.8. The number of hydrogen-bond donors (Lipinski definition) is 2. The first-order chi connectivity index (χ1) is 11.2. The van der Waals surface area contributed by atoms with E-state index in [1.54, 1.807) is 10.8 Å². The maximum atomic E-state index is 12.4. The molecule has 3 rings (SSSR count). The minimum absolute atomic E-state index is 0. The van der Waals surface area contributed by atoms with Gasteiger partial charge in [-0.1, -0.05) is 36.4 Å². The highest BCUT2D eigenvalue weighted by molar-refractivity contribution is 7.93. The van der Waals surface area contributed by atoms with Crippen LogP contribution in [0.25, 0.3) is 11.1 Å². The minimum atomic E-state index is -5.43. The van der Waals surface area contributed by atoms with E-state index in [4.69, 9.17) is 5.73 Å². The van der Waals surface area contributed by atoms with Crippen molar-refractivity contribution in [3.05, 3.63) is 54.1 Å². The average molecular weight is 393 g/mol. The van der Waals surface area contributed by atoms with Crippen molar-refractivity contribution in [1.29, 1.82) is 0 Å². The topological polar surface area (TPSA) is 72.2 Å². The third-order valence-corrected chi connectivity index (χ3v) is 5.05. The van der Waals surface area contributed by atoms with Gasteiger partial charge in [-0.25, -0.2) is 0 Å². The summed E-state index contributed by atoms with van der Waals surface area (Å²) < 4.78 is 61.2. The van der Waals surface area contributed by atoms with Gasteiger partial charge in [0.1, 0.15) is 0 Å². The number of alkyl halides is 3. The molecule has 1 aliphatic carbocycles. The molecule has 0 amide bonds. The van der Waals surface area contributed by atoms with Crippen molar-refractivity contribution in [2.75, 3.05) is 4.72 Å². The first-order valence-corrected chi connectivity index (χ1v) is 8.71. The number of sulfonamides is 1. The number of rotatable bonds is 4. The molecule has 9 heteroatoms. The predicted molar refractivity (Wildman–Crippen MR) is 93.1 cm³/mol. The Labute approximate surface area is 149 Å². The molecule has 2 unspecified atom stereocenters. The molecule has 0 aromatic heterocycles. The third-order valence-electron chi connectivity index (χ3n) is 3.93. The number of hydrogen-bond acceptors (Lipinski definition) is 3. The average Bonchev–Trinajstić information content (AvgIpc) is 3.23. The zero-order chi connectivity index (χ0) is 17.5. The van der Waals surface area contributed by atoms with Gasteiger partial charge in [-0.15, -0.1) is 12.4 Å². The molecule has 1 saturated carbocycles. The van der Waals surface area contributed by atoms with Gasteiger partial charge in [0, 0.05) is 17.6 Å². The summed E-state index contributed by atoms with van der Waals surface area (Å²) in [6, 6.07) is 13.6. The second-order valence-corrected chi connectivity index (χ2v) is 7.43. The van der Waals surface area contributed by atoms with Gasteiger partial charge in [0.25, 0.3) is 0 Å². The largest absolute Gasteiger partial charge is 0.516 e. The van der Waals surface area contributed by atoms with Crippen molar-refractivity contribution in [3.63, 3.8) is 0 Å². The number of benzene rings is 2. The Hall–Kier alpha value is -1.77. The standard InChI is InChI=1S/C16H15F3N2O2S.ClH/c17-16(18,19)24(22,23)21-13-3-1-2-12(8-13)10-4-6-11(7-5-10)14-9-15(14)20;/h1-8,14-15,21H,9,20H2;1H. The first kappa shape index (κ1) is 19.6. The fourth-order valence-corrected chi connectivity index (χ4v) is 3.05. The molecule has 0 bridgehead atoms. The van der Waals surface area contributed by atoms with Crippen LogP contribution in [0.15, 0.2) is 48.5 Å². The molecule has 1 fully saturated rings. The van der Waals surface area contributed by atoms with E-state index in [1.165, 1.54) is 18.2 Å². The number of nitrogens with one attached hydrogen (secondary N) is 1. The highest BCUT2D eigenvalue weighted by atomic mass is 35.5. The molecule has 3 N–H and O–H groups in total. The van der Waals surface area contributed by atoms with E-state index in [9.17, 15) is 21.6 Å². The lowest BCUT2D eigenvalue weighted by atomic mass is 10.0. The van der Waals surface area contributed by atoms with Crippen LogP contribution in [0.2, 0.25) is 0 Å². The predicted octanol–water partition coefficient (Wildman–Crippen LogP) is 3.85. The molecular weight excluding hydrogens is 377 g/mol. The van der Waals surface area contributed by atoms with Gasteiger partial charge < -0.3 is 5.73 Å². The molecule has 2 atom stereocenters. The Balaban J connectivity index is 0.00000225. The van der Waals surface area contributed by atoms with Crippen molar-refractivity contribution in [3.8, 4) is 11.1 Å². The zero-order valence-corrected chi connectivity index (χ0v) is 14.5. The van der Waals surface area contributed by atoms with Crippen LogP contribution in [0.1, 0.15) is 17.9 Å². The number of nitrogens with two attached hydrogens (primary N) is 1. The van der Waals surface area contributed by atoms with Crippen LogP contribution >= 0.6 is 12.4 Å². The third kappa shape index (κ3) is 4.26. The molecule has 1 aliphatic rings. The van der Waals surface area contributed by atoms with Crippen molar-refractivity contribution in [2.45, 2.75) is 23.9 Å². The summed E-state index contributed by atoms with van der Waals surface area (Å²) in [5.41, 5.74) is 2.83. The van der Waals surface area contributed by atoms with E-state index in [1.807, 2.05) is 24.3 Å². The van der Waals surface area contributed by atoms with E-state index >= 15 is 0 Å².